The third kappa shape index (κ3) is 2.94. The molecule has 0 saturated heterocycles. The van der Waals surface area contributed by atoms with Crippen molar-refractivity contribution in [3.63, 3.8) is 0 Å². The van der Waals surface area contributed by atoms with Gasteiger partial charge in [-0.3, -0.25) is 0 Å². The molecule has 0 radical (unpaired) electrons. The maximum absolute atomic E-state index is 5.38. The van der Waals surface area contributed by atoms with E-state index >= 15 is 0 Å². The van der Waals surface area contributed by atoms with Crippen molar-refractivity contribution < 1.29 is 9.47 Å². The number of rotatable bonds is 5. The van der Waals surface area contributed by atoms with Gasteiger partial charge in [0.2, 0.25) is 6.79 Å². The van der Waals surface area contributed by atoms with E-state index in [9.17, 15) is 0 Å². The second kappa shape index (κ2) is 5.97. The van der Waals surface area contributed by atoms with Crippen molar-refractivity contribution in [2.75, 3.05) is 6.79 Å². The van der Waals surface area contributed by atoms with Gasteiger partial charge in [-0.05, 0) is 35.2 Å². The smallest absolute Gasteiger partial charge is 0.231 e. The van der Waals surface area contributed by atoms with Crippen LogP contribution >= 0.6 is 0 Å². The van der Waals surface area contributed by atoms with Gasteiger partial charge in [-0.2, -0.15) is 0 Å². The molecule has 0 saturated carbocycles. The molecule has 0 spiro atoms. The number of aryl methyl sites for hydroxylation is 1. The molecule has 0 fully saturated rings. The first-order chi connectivity index (χ1) is 9.85. The predicted molar refractivity (Wildman–Crippen MR) is 78.9 cm³/mol. The van der Waals surface area contributed by atoms with E-state index in [1.807, 2.05) is 12.1 Å². The van der Waals surface area contributed by atoms with Gasteiger partial charge in [0, 0.05) is 13.1 Å². The van der Waals surface area contributed by atoms with E-state index in [0.717, 1.165) is 31.0 Å². The second-order valence-corrected chi connectivity index (χ2v) is 4.96. The third-order valence-electron chi connectivity index (χ3n) is 3.53. The average molecular weight is 269 g/mol. The Morgan fingerprint density at radius 1 is 0.850 bits per heavy atom. The van der Waals surface area contributed by atoms with Crippen molar-refractivity contribution in [3.8, 4) is 11.5 Å². The van der Waals surface area contributed by atoms with Crippen molar-refractivity contribution in [1.82, 2.24) is 5.32 Å². The molecular formula is C17H19NO2. The normalized spacial score (nSPS) is 12.7. The summed E-state index contributed by atoms with van der Waals surface area (Å²) in [6.45, 7) is 4.20. The van der Waals surface area contributed by atoms with Gasteiger partial charge < -0.3 is 14.8 Å². The van der Waals surface area contributed by atoms with E-state index in [2.05, 4.69) is 42.6 Å². The molecule has 3 rings (SSSR count). The zero-order chi connectivity index (χ0) is 13.8. The van der Waals surface area contributed by atoms with Crippen molar-refractivity contribution >= 4 is 0 Å². The Bertz CT molecular complexity index is 578. The summed E-state index contributed by atoms with van der Waals surface area (Å²) in [5.41, 5.74) is 3.90. The number of fused-ring (bicyclic) bond motifs is 1. The third-order valence-corrected chi connectivity index (χ3v) is 3.53. The molecule has 3 nitrogen and oxygen atoms in total. The Balaban J connectivity index is 1.54. The number of hydrogen-bond acceptors (Lipinski definition) is 3. The molecule has 2 aromatic rings. The van der Waals surface area contributed by atoms with Crippen LogP contribution in [0.25, 0.3) is 0 Å². The average Bonchev–Trinajstić information content (AvgIpc) is 2.95. The minimum atomic E-state index is 0.329. The molecule has 0 bridgehead atoms. The van der Waals surface area contributed by atoms with E-state index in [0.29, 0.717) is 6.79 Å². The molecule has 0 unspecified atom stereocenters. The van der Waals surface area contributed by atoms with E-state index < -0.39 is 0 Å². The van der Waals surface area contributed by atoms with Crippen LogP contribution in [0.3, 0.4) is 0 Å². The molecule has 20 heavy (non-hydrogen) atoms. The Morgan fingerprint density at radius 3 is 2.30 bits per heavy atom. The van der Waals surface area contributed by atoms with Gasteiger partial charge in [0.15, 0.2) is 11.5 Å². The van der Waals surface area contributed by atoms with Crippen LogP contribution < -0.4 is 14.8 Å². The maximum Gasteiger partial charge on any atom is 0.231 e. The SMILES string of the molecule is CCc1ccc(CNCc2ccc3c(c2)OCO3)cc1. The Kier molecular flexibility index (Phi) is 3.88. The highest BCUT2D eigenvalue weighted by Crippen LogP contribution is 2.32. The fourth-order valence-electron chi connectivity index (χ4n) is 2.29. The minimum absolute atomic E-state index is 0.329. The van der Waals surface area contributed by atoms with Crippen LogP contribution in [0.15, 0.2) is 42.5 Å². The largest absolute Gasteiger partial charge is 0.454 e. The quantitative estimate of drug-likeness (QED) is 0.903. The lowest BCUT2D eigenvalue weighted by Crippen LogP contribution is -2.12. The molecule has 1 aliphatic heterocycles. The fourth-order valence-corrected chi connectivity index (χ4v) is 2.29. The fraction of sp³-hybridized carbons (Fsp3) is 0.294. The van der Waals surface area contributed by atoms with E-state index in [4.69, 9.17) is 9.47 Å². The summed E-state index contributed by atoms with van der Waals surface area (Å²) >= 11 is 0. The van der Waals surface area contributed by atoms with Crippen molar-refractivity contribution in [2.45, 2.75) is 26.4 Å². The van der Waals surface area contributed by atoms with Gasteiger partial charge in [-0.15, -0.1) is 0 Å². The van der Waals surface area contributed by atoms with Gasteiger partial charge in [0.25, 0.3) is 0 Å². The highest BCUT2D eigenvalue weighted by Gasteiger charge is 2.12. The maximum atomic E-state index is 5.38. The van der Waals surface area contributed by atoms with Gasteiger partial charge in [0.05, 0.1) is 0 Å². The molecule has 1 heterocycles. The predicted octanol–water partition coefficient (Wildman–Crippen LogP) is 3.27. The van der Waals surface area contributed by atoms with Crippen LogP contribution in [0.1, 0.15) is 23.6 Å². The zero-order valence-corrected chi connectivity index (χ0v) is 11.7. The topological polar surface area (TPSA) is 30.5 Å². The number of ether oxygens (including phenoxy) is 2. The molecular weight excluding hydrogens is 250 g/mol. The number of nitrogens with one attached hydrogen (secondary N) is 1. The van der Waals surface area contributed by atoms with Gasteiger partial charge in [0.1, 0.15) is 0 Å². The van der Waals surface area contributed by atoms with Crippen LogP contribution in [0, 0.1) is 0 Å². The second-order valence-electron chi connectivity index (χ2n) is 4.96. The summed E-state index contributed by atoms with van der Waals surface area (Å²) in [5, 5.41) is 3.45. The summed E-state index contributed by atoms with van der Waals surface area (Å²) in [7, 11) is 0. The van der Waals surface area contributed by atoms with Crippen LogP contribution in [0.5, 0.6) is 11.5 Å². The molecule has 104 valence electrons. The first-order valence-electron chi connectivity index (χ1n) is 7.02. The highest BCUT2D eigenvalue weighted by molar-refractivity contribution is 5.44. The summed E-state index contributed by atoms with van der Waals surface area (Å²) < 4.78 is 10.7. The molecule has 0 amide bonds. The first kappa shape index (κ1) is 13.0. The molecule has 3 heteroatoms. The lowest BCUT2D eigenvalue weighted by atomic mass is 10.1. The van der Waals surface area contributed by atoms with Crippen molar-refractivity contribution in [1.29, 1.82) is 0 Å². The standard InChI is InChI=1S/C17H19NO2/c1-2-13-3-5-14(6-4-13)10-18-11-15-7-8-16-17(9-15)20-12-19-16/h3-9,18H,2,10-12H2,1H3. The molecule has 0 aromatic heterocycles. The summed E-state index contributed by atoms with van der Waals surface area (Å²) in [5.74, 6) is 1.68. The minimum Gasteiger partial charge on any atom is -0.454 e. The summed E-state index contributed by atoms with van der Waals surface area (Å²) in [4.78, 5) is 0. The molecule has 0 aliphatic carbocycles. The summed E-state index contributed by atoms with van der Waals surface area (Å²) in [6, 6.07) is 14.8. The van der Waals surface area contributed by atoms with Gasteiger partial charge in [-0.25, -0.2) is 0 Å². The Morgan fingerprint density at radius 2 is 1.50 bits per heavy atom. The lowest BCUT2D eigenvalue weighted by Gasteiger charge is -2.07. The van der Waals surface area contributed by atoms with Crippen LogP contribution in [-0.4, -0.2) is 6.79 Å². The highest BCUT2D eigenvalue weighted by atomic mass is 16.7. The number of hydrogen-bond donors (Lipinski definition) is 1. The van der Waals surface area contributed by atoms with Crippen LogP contribution in [0.2, 0.25) is 0 Å². The molecule has 1 N–H and O–H groups in total. The van der Waals surface area contributed by atoms with Crippen LogP contribution in [0.4, 0.5) is 0 Å². The van der Waals surface area contributed by atoms with Crippen molar-refractivity contribution in [2.24, 2.45) is 0 Å². The van der Waals surface area contributed by atoms with E-state index in [-0.39, 0.29) is 0 Å². The van der Waals surface area contributed by atoms with Crippen LogP contribution in [-0.2, 0) is 19.5 Å². The zero-order valence-electron chi connectivity index (χ0n) is 11.7. The monoisotopic (exact) mass is 269 g/mol. The molecule has 1 aliphatic rings. The Hall–Kier alpha value is -2.00. The first-order valence-corrected chi connectivity index (χ1v) is 7.02. The van der Waals surface area contributed by atoms with Crippen molar-refractivity contribution in [3.05, 3.63) is 59.2 Å². The van der Waals surface area contributed by atoms with Gasteiger partial charge in [-0.1, -0.05) is 37.3 Å². The number of benzene rings is 2. The Labute approximate surface area is 119 Å². The van der Waals surface area contributed by atoms with E-state index in [1.165, 1.54) is 16.7 Å². The molecule has 2 aromatic carbocycles. The van der Waals surface area contributed by atoms with Gasteiger partial charge >= 0.3 is 0 Å². The molecule has 0 atom stereocenters. The lowest BCUT2D eigenvalue weighted by molar-refractivity contribution is 0.174. The summed E-state index contributed by atoms with van der Waals surface area (Å²) in [6.07, 6.45) is 1.09. The van der Waals surface area contributed by atoms with E-state index in [1.54, 1.807) is 0 Å².